The van der Waals surface area contributed by atoms with Crippen molar-refractivity contribution in [1.82, 2.24) is 20.3 Å². The second-order valence-corrected chi connectivity index (χ2v) is 8.16. The van der Waals surface area contributed by atoms with E-state index in [1.54, 1.807) is 13.1 Å². The Kier molecular flexibility index (Phi) is 11.9. The van der Waals surface area contributed by atoms with Gasteiger partial charge in [-0.15, -0.1) is 5.10 Å². The summed E-state index contributed by atoms with van der Waals surface area (Å²) >= 11 is 0. The average molecular weight is 355 g/mol. The molecule has 5 nitrogen and oxygen atoms in total. The van der Waals surface area contributed by atoms with Crippen molar-refractivity contribution in [2.45, 2.75) is 99.6 Å². The third kappa shape index (κ3) is 10.4. The summed E-state index contributed by atoms with van der Waals surface area (Å²) in [6.45, 7) is 20.5. The zero-order valence-corrected chi connectivity index (χ0v) is 18.5. The number of hydrogen-bond donors (Lipinski definition) is 1. The van der Waals surface area contributed by atoms with E-state index < -0.39 is 0 Å². The van der Waals surface area contributed by atoms with Crippen LogP contribution in [0.3, 0.4) is 0 Å². The Morgan fingerprint density at radius 1 is 1.12 bits per heavy atom. The minimum Gasteiger partial charge on any atom is -0.315 e. The van der Waals surface area contributed by atoms with E-state index in [1.165, 1.54) is 0 Å². The second kappa shape index (κ2) is 11.4. The van der Waals surface area contributed by atoms with E-state index in [0.717, 1.165) is 19.3 Å². The quantitative estimate of drug-likeness (QED) is 0.762. The van der Waals surface area contributed by atoms with Crippen molar-refractivity contribution >= 4 is 5.78 Å². The predicted molar refractivity (Wildman–Crippen MR) is 108 cm³/mol. The van der Waals surface area contributed by atoms with E-state index in [0.29, 0.717) is 5.78 Å². The SMILES string of the molecule is CC.CCCC(C)(C)C(C)=O.CNC(C)(C)CC(C)(C)n1ccnn1. The molecule has 1 rings (SSSR count). The first-order valence-electron chi connectivity index (χ1n) is 9.45. The molecule has 1 heterocycles. The molecule has 0 bridgehead atoms. The van der Waals surface area contributed by atoms with Crippen molar-refractivity contribution in [3.05, 3.63) is 12.4 Å². The number of ketones is 1. The number of carbonyl (C=O) groups excluding carboxylic acids is 1. The molecule has 0 saturated heterocycles. The van der Waals surface area contributed by atoms with Gasteiger partial charge < -0.3 is 5.32 Å². The van der Waals surface area contributed by atoms with Crippen LogP contribution >= 0.6 is 0 Å². The number of hydrogen-bond acceptors (Lipinski definition) is 4. The highest BCUT2D eigenvalue weighted by Gasteiger charge is 2.29. The lowest BCUT2D eigenvalue weighted by atomic mass is 9.84. The molecule has 0 aliphatic heterocycles. The molecule has 0 spiro atoms. The Morgan fingerprint density at radius 2 is 1.64 bits per heavy atom. The largest absolute Gasteiger partial charge is 0.315 e. The molecule has 0 saturated carbocycles. The normalized spacial score (nSPS) is 11.8. The van der Waals surface area contributed by atoms with Crippen LogP contribution in [0, 0.1) is 5.41 Å². The molecule has 25 heavy (non-hydrogen) atoms. The van der Waals surface area contributed by atoms with Crippen LogP contribution < -0.4 is 5.32 Å². The molecule has 5 heteroatoms. The molecule has 148 valence electrons. The zero-order valence-electron chi connectivity index (χ0n) is 18.5. The summed E-state index contributed by atoms with van der Waals surface area (Å²) in [5.74, 6) is 0.296. The van der Waals surface area contributed by atoms with Gasteiger partial charge in [-0.2, -0.15) is 0 Å². The van der Waals surface area contributed by atoms with Gasteiger partial charge in [0.1, 0.15) is 5.78 Å². The monoisotopic (exact) mass is 354 g/mol. The molecule has 0 amide bonds. The topological polar surface area (TPSA) is 59.8 Å². The van der Waals surface area contributed by atoms with Gasteiger partial charge in [-0.3, -0.25) is 4.79 Å². The maximum atomic E-state index is 10.9. The van der Waals surface area contributed by atoms with E-state index in [-0.39, 0.29) is 16.5 Å². The van der Waals surface area contributed by atoms with Gasteiger partial charge in [0.25, 0.3) is 0 Å². The number of rotatable bonds is 7. The third-order valence-corrected chi connectivity index (χ3v) is 4.42. The molecule has 1 aromatic rings. The molecule has 0 radical (unpaired) electrons. The van der Waals surface area contributed by atoms with Gasteiger partial charge in [-0.05, 0) is 54.5 Å². The fourth-order valence-corrected chi connectivity index (χ4v) is 2.58. The molecule has 0 unspecified atom stereocenters. The molecule has 1 N–H and O–H groups in total. The summed E-state index contributed by atoms with van der Waals surface area (Å²) in [5, 5.41) is 11.2. The molecule has 0 aliphatic rings. The fourth-order valence-electron chi connectivity index (χ4n) is 2.58. The number of nitrogens with one attached hydrogen (secondary N) is 1. The lowest BCUT2D eigenvalue weighted by Gasteiger charge is -2.34. The van der Waals surface area contributed by atoms with E-state index in [4.69, 9.17) is 0 Å². The zero-order chi connectivity index (χ0) is 20.3. The standard InChI is InChI=1S/C10H20N4.C8H16O.C2H6/c1-9(2,11-5)8-10(3,4)14-7-6-12-13-14;1-5-6-8(3,4)7(2)9;1-2/h6-7,11H,8H2,1-5H3;5-6H2,1-4H3;1-2H3. The van der Waals surface area contributed by atoms with Gasteiger partial charge in [-0.25, -0.2) is 4.68 Å². The van der Waals surface area contributed by atoms with Crippen molar-refractivity contribution in [3.63, 3.8) is 0 Å². The van der Waals surface area contributed by atoms with Crippen LogP contribution in [-0.2, 0) is 10.3 Å². The summed E-state index contributed by atoms with van der Waals surface area (Å²) in [7, 11) is 1.98. The number of carbonyl (C=O) groups is 1. The summed E-state index contributed by atoms with van der Waals surface area (Å²) < 4.78 is 1.91. The van der Waals surface area contributed by atoms with E-state index in [9.17, 15) is 4.79 Å². The van der Waals surface area contributed by atoms with Crippen LogP contribution in [0.25, 0.3) is 0 Å². The lowest BCUT2D eigenvalue weighted by molar-refractivity contribution is -0.125. The lowest BCUT2D eigenvalue weighted by Crippen LogP contribution is -2.44. The number of nitrogens with zero attached hydrogens (tertiary/aromatic N) is 3. The van der Waals surface area contributed by atoms with Crippen LogP contribution in [0.15, 0.2) is 12.4 Å². The predicted octanol–water partition coefficient (Wildman–Crippen LogP) is 4.83. The average Bonchev–Trinajstić information content (AvgIpc) is 3.04. The van der Waals surface area contributed by atoms with Crippen LogP contribution in [0.2, 0.25) is 0 Å². The fraction of sp³-hybridized carbons (Fsp3) is 0.850. The third-order valence-electron chi connectivity index (χ3n) is 4.42. The first-order chi connectivity index (χ1) is 11.4. The molecule has 0 aromatic carbocycles. The molecule has 0 atom stereocenters. The van der Waals surface area contributed by atoms with E-state index in [2.05, 4.69) is 50.2 Å². The number of Topliss-reactive ketones (excluding diaryl/α,β-unsaturated/α-hetero) is 1. The van der Waals surface area contributed by atoms with Gasteiger partial charge in [0.2, 0.25) is 0 Å². The Hall–Kier alpha value is -1.23. The van der Waals surface area contributed by atoms with Gasteiger partial charge in [-0.1, -0.05) is 46.3 Å². The number of aromatic nitrogens is 3. The Labute approximate surface area is 156 Å². The second-order valence-electron chi connectivity index (χ2n) is 8.16. The maximum absolute atomic E-state index is 10.9. The van der Waals surface area contributed by atoms with Crippen LogP contribution in [0.5, 0.6) is 0 Å². The van der Waals surface area contributed by atoms with Crippen molar-refractivity contribution in [2.24, 2.45) is 5.41 Å². The van der Waals surface area contributed by atoms with Crippen LogP contribution in [0.4, 0.5) is 0 Å². The van der Waals surface area contributed by atoms with Gasteiger partial charge in [0.15, 0.2) is 0 Å². The smallest absolute Gasteiger partial charge is 0.135 e. The first-order valence-corrected chi connectivity index (χ1v) is 9.45. The van der Waals surface area contributed by atoms with E-state index >= 15 is 0 Å². The first kappa shape index (κ1) is 26.0. The summed E-state index contributed by atoms with van der Waals surface area (Å²) in [5.41, 5.74) is 0.00715. The molecular formula is C20H42N4O. The summed E-state index contributed by atoms with van der Waals surface area (Å²) in [6.07, 6.45) is 6.72. The highest BCUT2D eigenvalue weighted by atomic mass is 16.1. The minimum absolute atomic E-state index is 0.0109. The Morgan fingerprint density at radius 3 is 1.92 bits per heavy atom. The molecule has 0 aliphatic carbocycles. The minimum atomic E-state index is -0.0885. The molecule has 1 aromatic heterocycles. The van der Waals surface area contributed by atoms with Crippen molar-refractivity contribution < 1.29 is 4.79 Å². The summed E-state index contributed by atoms with van der Waals surface area (Å²) in [4.78, 5) is 10.9. The van der Waals surface area contributed by atoms with Crippen molar-refractivity contribution in [1.29, 1.82) is 0 Å². The van der Waals surface area contributed by atoms with Crippen LogP contribution in [-0.4, -0.2) is 33.4 Å². The van der Waals surface area contributed by atoms with Crippen molar-refractivity contribution in [3.8, 4) is 0 Å². The van der Waals surface area contributed by atoms with Crippen molar-refractivity contribution in [2.75, 3.05) is 7.05 Å². The van der Waals surface area contributed by atoms with Gasteiger partial charge in [0.05, 0.1) is 11.7 Å². The Balaban J connectivity index is 0. The van der Waals surface area contributed by atoms with Gasteiger partial charge >= 0.3 is 0 Å². The van der Waals surface area contributed by atoms with Gasteiger partial charge in [0, 0.05) is 17.2 Å². The Bertz CT molecular complexity index is 462. The molecular weight excluding hydrogens is 312 g/mol. The maximum Gasteiger partial charge on any atom is 0.135 e. The highest BCUT2D eigenvalue weighted by Crippen LogP contribution is 2.25. The van der Waals surface area contributed by atoms with E-state index in [1.807, 2.05) is 45.6 Å². The highest BCUT2D eigenvalue weighted by molar-refractivity contribution is 5.81. The summed E-state index contributed by atoms with van der Waals surface area (Å²) in [6, 6.07) is 0. The molecule has 0 fully saturated rings. The van der Waals surface area contributed by atoms with Crippen LogP contribution in [0.1, 0.15) is 88.5 Å².